The van der Waals surface area contributed by atoms with Crippen molar-refractivity contribution < 1.29 is 9.47 Å². The van der Waals surface area contributed by atoms with Crippen LogP contribution >= 0.6 is 0 Å². The number of nitrogens with zero attached hydrogens (tertiary/aromatic N) is 2. The summed E-state index contributed by atoms with van der Waals surface area (Å²) in [5.41, 5.74) is 1.18. The maximum absolute atomic E-state index is 8.58. The first-order valence-electron chi connectivity index (χ1n) is 8.93. The van der Waals surface area contributed by atoms with Crippen molar-refractivity contribution in [2.24, 2.45) is 0 Å². The maximum atomic E-state index is 8.58. The van der Waals surface area contributed by atoms with Crippen LogP contribution < -0.4 is 14.8 Å². The molecule has 0 radical (unpaired) electrons. The van der Waals surface area contributed by atoms with Crippen LogP contribution in [0.25, 0.3) is 0 Å². The van der Waals surface area contributed by atoms with Crippen molar-refractivity contribution in [3.8, 4) is 17.6 Å². The average molecular weight is 331 g/mol. The van der Waals surface area contributed by atoms with Gasteiger partial charge in [-0.1, -0.05) is 12.5 Å². The zero-order chi connectivity index (χ0) is 17.0. The third-order valence-corrected chi connectivity index (χ3v) is 4.30. The molecule has 0 aliphatic carbocycles. The van der Waals surface area contributed by atoms with Gasteiger partial charge in [0.05, 0.1) is 19.8 Å². The Morgan fingerprint density at radius 1 is 1.21 bits per heavy atom. The topological polar surface area (TPSA) is 57.5 Å². The maximum Gasteiger partial charge on any atom is 0.161 e. The lowest BCUT2D eigenvalue weighted by Gasteiger charge is -2.26. The molecule has 0 spiro atoms. The average Bonchev–Trinajstić information content (AvgIpc) is 2.63. The predicted octanol–water partition coefficient (Wildman–Crippen LogP) is 2.95. The fraction of sp³-hybridized carbons (Fsp3) is 0.632. The Bertz CT molecular complexity index is 522. The van der Waals surface area contributed by atoms with Gasteiger partial charge >= 0.3 is 0 Å². The van der Waals surface area contributed by atoms with Crippen molar-refractivity contribution in [3.05, 3.63) is 23.8 Å². The Hall–Kier alpha value is -1.77. The van der Waals surface area contributed by atoms with Crippen LogP contribution in [0.15, 0.2) is 18.2 Å². The smallest absolute Gasteiger partial charge is 0.161 e. The van der Waals surface area contributed by atoms with Crippen LogP contribution in [-0.2, 0) is 6.54 Å². The molecule has 0 amide bonds. The van der Waals surface area contributed by atoms with Crippen molar-refractivity contribution in [1.29, 1.82) is 5.26 Å². The highest BCUT2D eigenvalue weighted by Gasteiger charge is 2.09. The second kappa shape index (κ2) is 10.9. The third-order valence-electron chi connectivity index (χ3n) is 4.30. The van der Waals surface area contributed by atoms with Gasteiger partial charge in [0, 0.05) is 26.1 Å². The number of ether oxygens (including phenoxy) is 2. The molecule has 24 heavy (non-hydrogen) atoms. The first kappa shape index (κ1) is 18.6. The molecule has 1 aliphatic heterocycles. The number of methoxy groups -OCH3 is 1. The van der Waals surface area contributed by atoms with E-state index in [1.54, 1.807) is 7.11 Å². The monoisotopic (exact) mass is 331 g/mol. The van der Waals surface area contributed by atoms with Crippen LogP contribution in [0.1, 0.15) is 37.7 Å². The Kier molecular flexibility index (Phi) is 8.43. The number of hydrogen-bond donors (Lipinski definition) is 1. The van der Waals surface area contributed by atoms with Gasteiger partial charge in [0.2, 0.25) is 0 Å². The molecular formula is C19H29N3O2. The van der Waals surface area contributed by atoms with Crippen LogP contribution in [-0.4, -0.2) is 44.8 Å². The Labute approximate surface area is 145 Å². The van der Waals surface area contributed by atoms with Gasteiger partial charge in [-0.2, -0.15) is 5.26 Å². The molecule has 0 atom stereocenters. The number of unbranched alkanes of at least 4 members (excludes halogenated alkanes) is 1. The zero-order valence-corrected chi connectivity index (χ0v) is 14.7. The molecule has 1 heterocycles. The van der Waals surface area contributed by atoms with E-state index in [0.717, 1.165) is 37.6 Å². The molecule has 1 aliphatic rings. The molecule has 0 unspecified atom stereocenters. The van der Waals surface area contributed by atoms with Gasteiger partial charge in [0.25, 0.3) is 0 Å². The lowest BCUT2D eigenvalue weighted by Crippen LogP contribution is -2.35. The molecule has 1 N–H and O–H groups in total. The van der Waals surface area contributed by atoms with Crippen molar-refractivity contribution in [2.45, 2.75) is 38.6 Å². The van der Waals surface area contributed by atoms with Crippen LogP contribution in [0.5, 0.6) is 11.5 Å². The minimum Gasteiger partial charge on any atom is -0.493 e. The van der Waals surface area contributed by atoms with Crippen molar-refractivity contribution in [2.75, 3.05) is 39.9 Å². The molecule has 1 aromatic rings. The highest BCUT2D eigenvalue weighted by Crippen LogP contribution is 2.28. The lowest BCUT2D eigenvalue weighted by atomic mass is 10.1. The molecule has 1 fully saturated rings. The fourth-order valence-corrected chi connectivity index (χ4v) is 2.93. The number of nitrogens with one attached hydrogen (secondary N) is 1. The van der Waals surface area contributed by atoms with Crippen molar-refractivity contribution >= 4 is 0 Å². The molecule has 0 saturated carbocycles. The summed E-state index contributed by atoms with van der Waals surface area (Å²) >= 11 is 0. The zero-order valence-electron chi connectivity index (χ0n) is 14.7. The van der Waals surface area contributed by atoms with E-state index in [4.69, 9.17) is 14.7 Å². The number of piperidine rings is 1. The SMILES string of the molecule is COc1ccc(CNCCN2CCCCC2)cc1OCCCC#N. The molecule has 0 aromatic heterocycles. The molecule has 132 valence electrons. The summed E-state index contributed by atoms with van der Waals surface area (Å²) in [5, 5.41) is 12.1. The fourth-order valence-electron chi connectivity index (χ4n) is 2.93. The summed E-state index contributed by atoms with van der Waals surface area (Å²) in [7, 11) is 1.65. The summed E-state index contributed by atoms with van der Waals surface area (Å²) in [6, 6.07) is 8.17. The van der Waals surface area contributed by atoms with E-state index in [2.05, 4.69) is 22.4 Å². The molecule has 1 saturated heterocycles. The predicted molar refractivity (Wildman–Crippen MR) is 95.3 cm³/mol. The van der Waals surface area contributed by atoms with Gasteiger partial charge in [-0.3, -0.25) is 0 Å². The Morgan fingerprint density at radius 2 is 2.04 bits per heavy atom. The first-order valence-corrected chi connectivity index (χ1v) is 8.93. The summed E-state index contributed by atoms with van der Waals surface area (Å²) in [5.74, 6) is 1.50. The highest BCUT2D eigenvalue weighted by molar-refractivity contribution is 5.42. The van der Waals surface area contributed by atoms with E-state index < -0.39 is 0 Å². The first-order chi connectivity index (χ1) is 11.8. The molecule has 5 nitrogen and oxygen atoms in total. The standard InChI is InChI=1S/C19H29N3O2/c1-23-18-8-7-17(15-19(18)24-14-6-3-9-20)16-21-10-13-22-11-4-2-5-12-22/h7-8,15,21H,2-6,10-14,16H2,1H3. The van der Waals surface area contributed by atoms with E-state index in [0.29, 0.717) is 13.0 Å². The largest absolute Gasteiger partial charge is 0.493 e. The number of hydrogen-bond acceptors (Lipinski definition) is 5. The number of nitriles is 1. The molecular weight excluding hydrogens is 302 g/mol. The number of benzene rings is 1. The number of likely N-dealkylation sites (tertiary alicyclic amines) is 1. The van der Waals surface area contributed by atoms with E-state index >= 15 is 0 Å². The van der Waals surface area contributed by atoms with Gasteiger partial charge in [-0.15, -0.1) is 0 Å². The second-order valence-electron chi connectivity index (χ2n) is 6.17. The third kappa shape index (κ3) is 6.38. The van der Waals surface area contributed by atoms with Crippen LogP contribution in [0.4, 0.5) is 0 Å². The van der Waals surface area contributed by atoms with Gasteiger partial charge in [-0.25, -0.2) is 0 Å². The van der Waals surface area contributed by atoms with Crippen LogP contribution in [0.2, 0.25) is 0 Å². The summed E-state index contributed by atoms with van der Waals surface area (Å²) in [6.45, 7) is 5.97. The lowest BCUT2D eigenvalue weighted by molar-refractivity contribution is 0.229. The van der Waals surface area contributed by atoms with Gasteiger partial charge in [0.15, 0.2) is 11.5 Å². The molecule has 0 bridgehead atoms. The minimum absolute atomic E-state index is 0.514. The molecule has 1 aromatic carbocycles. The summed E-state index contributed by atoms with van der Waals surface area (Å²) in [4.78, 5) is 2.54. The van der Waals surface area contributed by atoms with Gasteiger partial charge < -0.3 is 19.7 Å². The van der Waals surface area contributed by atoms with Gasteiger partial charge in [0.1, 0.15) is 0 Å². The quantitative estimate of drug-likeness (QED) is 0.668. The van der Waals surface area contributed by atoms with E-state index in [-0.39, 0.29) is 0 Å². The normalized spacial score (nSPS) is 15.0. The Morgan fingerprint density at radius 3 is 2.79 bits per heavy atom. The van der Waals surface area contributed by atoms with Crippen molar-refractivity contribution in [1.82, 2.24) is 10.2 Å². The molecule has 5 heteroatoms. The molecule has 2 rings (SSSR count). The summed E-state index contributed by atoms with van der Waals surface area (Å²) in [6.07, 6.45) is 5.31. The Balaban J connectivity index is 1.76. The van der Waals surface area contributed by atoms with Crippen LogP contribution in [0.3, 0.4) is 0 Å². The van der Waals surface area contributed by atoms with Crippen LogP contribution in [0, 0.1) is 11.3 Å². The van der Waals surface area contributed by atoms with E-state index in [1.165, 1.54) is 37.9 Å². The summed E-state index contributed by atoms with van der Waals surface area (Å²) < 4.78 is 11.1. The second-order valence-corrected chi connectivity index (χ2v) is 6.17. The van der Waals surface area contributed by atoms with Crippen molar-refractivity contribution in [3.63, 3.8) is 0 Å². The highest BCUT2D eigenvalue weighted by atomic mass is 16.5. The minimum atomic E-state index is 0.514. The van der Waals surface area contributed by atoms with Gasteiger partial charge in [-0.05, 0) is 50.0 Å². The van der Waals surface area contributed by atoms with E-state index in [9.17, 15) is 0 Å². The number of rotatable bonds is 10. The van der Waals surface area contributed by atoms with E-state index in [1.807, 2.05) is 12.1 Å².